The monoisotopic (exact) mass is 244 g/mol. The van der Waals surface area contributed by atoms with Gasteiger partial charge in [-0.1, -0.05) is 6.07 Å². The first-order valence-electron chi connectivity index (χ1n) is 5.35. The number of hydrogen-bond acceptors (Lipinski definition) is 4. The van der Waals surface area contributed by atoms with E-state index in [1.165, 1.54) is 12.1 Å². The molecule has 0 radical (unpaired) electrons. The Kier molecular flexibility index (Phi) is 3.43. The molecular formula is C13H12N2O3. The van der Waals surface area contributed by atoms with Crippen LogP contribution in [0.3, 0.4) is 0 Å². The van der Waals surface area contributed by atoms with Crippen molar-refractivity contribution in [3.8, 4) is 22.8 Å². The Labute approximate surface area is 104 Å². The number of aromatic hydroxyl groups is 2. The van der Waals surface area contributed by atoms with Crippen molar-refractivity contribution in [1.82, 2.24) is 10.3 Å². The highest BCUT2D eigenvalue weighted by Gasteiger charge is 2.04. The Hall–Kier alpha value is -2.56. The lowest BCUT2D eigenvalue weighted by Gasteiger charge is -2.04. The van der Waals surface area contributed by atoms with E-state index in [1.54, 1.807) is 18.3 Å². The first-order chi connectivity index (χ1) is 8.70. The van der Waals surface area contributed by atoms with Gasteiger partial charge in [-0.05, 0) is 29.8 Å². The van der Waals surface area contributed by atoms with E-state index in [0.717, 1.165) is 5.56 Å². The molecule has 0 aliphatic heterocycles. The van der Waals surface area contributed by atoms with Crippen molar-refractivity contribution in [3.05, 3.63) is 42.1 Å². The predicted octanol–water partition coefficient (Wildman–Crippen LogP) is 1.41. The third kappa shape index (κ3) is 2.57. The molecule has 0 aliphatic rings. The highest BCUT2D eigenvalue weighted by molar-refractivity contribution is 5.63. The smallest absolute Gasteiger partial charge is 0.207 e. The van der Waals surface area contributed by atoms with E-state index in [4.69, 9.17) is 0 Å². The van der Waals surface area contributed by atoms with Crippen molar-refractivity contribution in [2.45, 2.75) is 6.54 Å². The molecule has 5 nitrogen and oxygen atoms in total. The molecule has 0 bridgehead atoms. The van der Waals surface area contributed by atoms with Crippen molar-refractivity contribution in [3.63, 3.8) is 0 Å². The first kappa shape index (κ1) is 11.9. The second-order valence-electron chi connectivity index (χ2n) is 3.75. The van der Waals surface area contributed by atoms with Crippen molar-refractivity contribution < 1.29 is 15.0 Å². The van der Waals surface area contributed by atoms with E-state index < -0.39 is 0 Å². The maximum absolute atomic E-state index is 10.2. The Morgan fingerprint density at radius 2 is 2.00 bits per heavy atom. The highest BCUT2D eigenvalue weighted by atomic mass is 16.3. The lowest BCUT2D eigenvalue weighted by molar-refractivity contribution is -0.109. The molecule has 0 unspecified atom stereocenters. The fraction of sp³-hybridized carbons (Fsp3) is 0.0769. The number of carbonyl (C=O) groups excluding carboxylic acids is 1. The number of nitrogens with zero attached hydrogens (tertiary/aromatic N) is 1. The van der Waals surface area contributed by atoms with E-state index >= 15 is 0 Å². The molecule has 0 saturated heterocycles. The molecule has 0 saturated carbocycles. The van der Waals surface area contributed by atoms with Gasteiger partial charge in [0.25, 0.3) is 0 Å². The van der Waals surface area contributed by atoms with E-state index in [9.17, 15) is 15.0 Å². The maximum atomic E-state index is 10.2. The lowest BCUT2D eigenvalue weighted by Crippen LogP contribution is -2.09. The summed E-state index contributed by atoms with van der Waals surface area (Å²) in [7, 11) is 0. The van der Waals surface area contributed by atoms with E-state index in [2.05, 4.69) is 10.3 Å². The molecule has 1 heterocycles. The minimum Gasteiger partial charge on any atom is -0.504 e. The summed E-state index contributed by atoms with van der Waals surface area (Å²) in [6.07, 6.45) is 2.28. The minimum atomic E-state index is -0.180. The largest absolute Gasteiger partial charge is 0.504 e. The lowest BCUT2D eigenvalue weighted by atomic mass is 10.1. The van der Waals surface area contributed by atoms with Gasteiger partial charge in [0.05, 0.1) is 5.69 Å². The van der Waals surface area contributed by atoms with E-state index in [0.29, 0.717) is 24.2 Å². The molecule has 1 aromatic carbocycles. The number of nitrogens with one attached hydrogen (secondary N) is 1. The van der Waals surface area contributed by atoms with Crippen LogP contribution in [0.4, 0.5) is 0 Å². The van der Waals surface area contributed by atoms with Crippen LogP contribution in [0.25, 0.3) is 11.3 Å². The van der Waals surface area contributed by atoms with E-state index in [-0.39, 0.29) is 11.5 Å². The van der Waals surface area contributed by atoms with E-state index in [1.807, 2.05) is 6.07 Å². The molecule has 92 valence electrons. The van der Waals surface area contributed by atoms with Crippen LogP contribution in [-0.2, 0) is 11.3 Å². The second kappa shape index (κ2) is 5.18. The number of phenols is 2. The van der Waals surface area contributed by atoms with Crippen LogP contribution in [0.5, 0.6) is 11.5 Å². The van der Waals surface area contributed by atoms with Gasteiger partial charge in [-0.25, -0.2) is 0 Å². The summed E-state index contributed by atoms with van der Waals surface area (Å²) in [6.45, 7) is 0.428. The Balaban J connectivity index is 2.22. The maximum Gasteiger partial charge on any atom is 0.207 e. The zero-order valence-corrected chi connectivity index (χ0v) is 9.50. The van der Waals surface area contributed by atoms with Crippen molar-refractivity contribution in [2.24, 2.45) is 0 Å². The summed E-state index contributed by atoms with van der Waals surface area (Å²) in [5, 5.41) is 21.2. The summed E-state index contributed by atoms with van der Waals surface area (Å²) in [4.78, 5) is 14.4. The van der Waals surface area contributed by atoms with Crippen LogP contribution >= 0.6 is 0 Å². The minimum absolute atomic E-state index is 0.162. The quantitative estimate of drug-likeness (QED) is 0.561. The highest BCUT2D eigenvalue weighted by Crippen LogP contribution is 2.29. The molecule has 3 N–H and O–H groups in total. The molecule has 0 aliphatic carbocycles. The zero-order chi connectivity index (χ0) is 13.0. The van der Waals surface area contributed by atoms with Gasteiger partial charge in [-0.15, -0.1) is 0 Å². The average molecular weight is 244 g/mol. The number of rotatable bonds is 4. The number of hydrogen-bond donors (Lipinski definition) is 3. The second-order valence-corrected chi connectivity index (χ2v) is 3.75. The van der Waals surface area contributed by atoms with Gasteiger partial charge in [0.15, 0.2) is 11.5 Å². The normalized spacial score (nSPS) is 10.0. The molecule has 18 heavy (non-hydrogen) atoms. The Morgan fingerprint density at radius 3 is 2.61 bits per heavy atom. The SMILES string of the molecule is O=CNCc1ccc(-c2ccc(O)c(O)c2)nc1. The van der Waals surface area contributed by atoms with Crippen LogP contribution in [0, 0.1) is 0 Å². The topological polar surface area (TPSA) is 82.5 Å². The average Bonchev–Trinajstić information content (AvgIpc) is 2.40. The number of benzene rings is 1. The molecule has 2 aromatic rings. The Morgan fingerprint density at radius 1 is 1.17 bits per heavy atom. The third-order valence-corrected chi connectivity index (χ3v) is 2.49. The van der Waals surface area contributed by atoms with Crippen LogP contribution in [0.1, 0.15) is 5.56 Å². The molecule has 5 heteroatoms. The molecular weight excluding hydrogens is 232 g/mol. The first-order valence-corrected chi connectivity index (χ1v) is 5.35. The molecule has 0 atom stereocenters. The summed E-state index contributed by atoms with van der Waals surface area (Å²) < 4.78 is 0. The number of carbonyl (C=O) groups is 1. The van der Waals surface area contributed by atoms with Crippen molar-refractivity contribution in [2.75, 3.05) is 0 Å². The van der Waals surface area contributed by atoms with Gasteiger partial charge in [0, 0.05) is 18.3 Å². The zero-order valence-electron chi connectivity index (χ0n) is 9.50. The third-order valence-electron chi connectivity index (χ3n) is 2.49. The summed E-state index contributed by atoms with van der Waals surface area (Å²) in [5.74, 6) is -0.341. The number of phenolic OH excluding ortho intramolecular Hbond substituents is 2. The Bertz CT molecular complexity index is 553. The van der Waals surface area contributed by atoms with Crippen LogP contribution in [0.2, 0.25) is 0 Å². The fourth-order valence-corrected chi connectivity index (χ4v) is 1.54. The van der Waals surface area contributed by atoms with Gasteiger partial charge in [-0.3, -0.25) is 9.78 Å². The van der Waals surface area contributed by atoms with Gasteiger partial charge >= 0.3 is 0 Å². The molecule has 0 spiro atoms. The van der Waals surface area contributed by atoms with Crippen LogP contribution < -0.4 is 5.32 Å². The fourth-order valence-electron chi connectivity index (χ4n) is 1.54. The van der Waals surface area contributed by atoms with Crippen LogP contribution in [0.15, 0.2) is 36.5 Å². The van der Waals surface area contributed by atoms with Crippen molar-refractivity contribution in [1.29, 1.82) is 0 Å². The van der Waals surface area contributed by atoms with Gasteiger partial charge in [0.2, 0.25) is 6.41 Å². The number of pyridine rings is 1. The molecule has 2 rings (SSSR count). The molecule has 1 amide bonds. The predicted molar refractivity (Wildman–Crippen MR) is 65.9 cm³/mol. The van der Waals surface area contributed by atoms with Gasteiger partial charge < -0.3 is 15.5 Å². The summed E-state index contributed by atoms with van der Waals surface area (Å²) in [5.41, 5.74) is 2.27. The number of amides is 1. The van der Waals surface area contributed by atoms with Crippen molar-refractivity contribution >= 4 is 6.41 Å². The molecule has 1 aromatic heterocycles. The number of aromatic nitrogens is 1. The van der Waals surface area contributed by atoms with Gasteiger partial charge in [-0.2, -0.15) is 0 Å². The van der Waals surface area contributed by atoms with Crippen LogP contribution in [-0.4, -0.2) is 21.6 Å². The summed E-state index contributed by atoms with van der Waals surface area (Å²) in [6, 6.07) is 8.15. The molecule has 0 fully saturated rings. The standard InChI is InChI=1S/C13H12N2O3/c16-8-14-6-9-1-3-11(15-7-9)10-2-4-12(17)13(18)5-10/h1-5,7-8,17-18H,6H2,(H,14,16). The summed E-state index contributed by atoms with van der Waals surface area (Å²) >= 11 is 0. The van der Waals surface area contributed by atoms with Gasteiger partial charge in [0.1, 0.15) is 0 Å².